The van der Waals surface area contributed by atoms with E-state index in [4.69, 9.17) is 18.9 Å². The van der Waals surface area contributed by atoms with E-state index in [1.807, 2.05) is 55.6 Å². The lowest BCUT2D eigenvalue weighted by atomic mass is 9.91. The summed E-state index contributed by atoms with van der Waals surface area (Å²) in [4.78, 5) is 20.0. The monoisotopic (exact) mass is 434 g/mol. The minimum Gasteiger partial charge on any atom is -0.489 e. The number of aromatic nitrogens is 2. The van der Waals surface area contributed by atoms with E-state index in [9.17, 15) is 4.79 Å². The molecule has 0 N–H and O–H groups in total. The van der Waals surface area contributed by atoms with Crippen molar-refractivity contribution in [2.75, 3.05) is 26.4 Å². The van der Waals surface area contributed by atoms with Gasteiger partial charge in [-0.15, -0.1) is 0 Å². The molecule has 0 saturated carbocycles. The van der Waals surface area contributed by atoms with Crippen LogP contribution in [0.25, 0.3) is 11.1 Å². The quantitative estimate of drug-likeness (QED) is 0.474. The molecule has 0 amide bonds. The summed E-state index contributed by atoms with van der Waals surface area (Å²) in [5, 5.41) is 0. The molecule has 0 unspecified atom stereocenters. The third kappa shape index (κ3) is 4.95. The highest BCUT2D eigenvalue weighted by Gasteiger charge is 2.42. The van der Waals surface area contributed by atoms with E-state index in [0.29, 0.717) is 26.4 Å². The fraction of sp³-hybridized carbons (Fsp3) is 0.320. The van der Waals surface area contributed by atoms with Crippen molar-refractivity contribution in [2.45, 2.75) is 26.1 Å². The van der Waals surface area contributed by atoms with Gasteiger partial charge in [-0.25, -0.2) is 14.8 Å². The van der Waals surface area contributed by atoms with E-state index in [1.165, 1.54) is 0 Å². The van der Waals surface area contributed by atoms with E-state index in [-0.39, 0.29) is 12.6 Å². The van der Waals surface area contributed by atoms with Crippen LogP contribution in [0.1, 0.15) is 23.7 Å². The van der Waals surface area contributed by atoms with Gasteiger partial charge >= 0.3 is 5.97 Å². The molecule has 1 aliphatic heterocycles. The number of hydrogen-bond donors (Lipinski definition) is 0. The van der Waals surface area contributed by atoms with Gasteiger partial charge in [0.15, 0.2) is 0 Å². The van der Waals surface area contributed by atoms with Crippen LogP contribution in [0, 0.1) is 6.92 Å². The topological polar surface area (TPSA) is 79.8 Å². The van der Waals surface area contributed by atoms with E-state index in [2.05, 4.69) is 16.0 Å². The first-order valence-corrected chi connectivity index (χ1v) is 10.6. The minimum absolute atomic E-state index is 0.0995. The Morgan fingerprint density at radius 1 is 1.16 bits per heavy atom. The zero-order chi connectivity index (χ0) is 22.4. The number of hydrogen-bond acceptors (Lipinski definition) is 7. The van der Waals surface area contributed by atoms with Crippen molar-refractivity contribution < 1.29 is 23.7 Å². The molecule has 2 aromatic carbocycles. The Labute approximate surface area is 187 Å². The Morgan fingerprint density at radius 2 is 1.97 bits per heavy atom. The molecule has 3 aromatic rings. The number of nitrogens with zero attached hydrogens (tertiary/aromatic N) is 2. The van der Waals surface area contributed by atoms with Crippen LogP contribution in [-0.2, 0) is 31.2 Å². The lowest BCUT2D eigenvalue weighted by molar-refractivity contribution is -0.221. The first-order chi connectivity index (χ1) is 15.6. The van der Waals surface area contributed by atoms with Gasteiger partial charge in [-0.05, 0) is 48.7 Å². The maximum Gasteiger partial charge on any atom is 0.332 e. The lowest BCUT2D eigenvalue weighted by Crippen LogP contribution is -2.49. The zero-order valence-corrected chi connectivity index (χ0v) is 18.2. The number of ether oxygens (including phenoxy) is 4. The third-order valence-electron chi connectivity index (χ3n) is 5.38. The van der Waals surface area contributed by atoms with Crippen LogP contribution in [-0.4, -0.2) is 42.4 Å². The van der Waals surface area contributed by atoms with Crippen molar-refractivity contribution in [3.63, 3.8) is 0 Å². The summed E-state index contributed by atoms with van der Waals surface area (Å²) < 4.78 is 22.1. The number of aryl methyl sites for hydroxylation is 1. The molecular weight excluding hydrogens is 408 g/mol. The summed E-state index contributed by atoms with van der Waals surface area (Å²) in [6.45, 7) is 5.22. The lowest BCUT2D eigenvalue weighted by Gasteiger charge is -2.41. The Hall–Kier alpha value is -3.29. The number of carbonyl (C=O) groups is 1. The van der Waals surface area contributed by atoms with E-state index in [0.717, 1.165) is 33.7 Å². The predicted octanol–water partition coefficient (Wildman–Crippen LogP) is 3.84. The van der Waals surface area contributed by atoms with Gasteiger partial charge in [-0.1, -0.05) is 30.3 Å². The first-order valence-electron chi connectivity index (χ1n) is 10.6. The third-order valence-corrected chi connectivity index (χ3v) is 5.38. The number of benzene rings is 2. The molecule has 1 aromatic heterocycles. The molecule has 0 aliphatic carbocycles. The summed E-state index contributed by atoms with van der Waals surface area (Å²) in [5.74, 6) is 0.373. The second-order valence-corrected chi connectivity index (χ2v) is 7.62. The molecule has 2 heterocycles. The Balaban J connectivity index is 1.39. The number of rotatable bonds is 9. The maximum atomic E-state index is 11.7. The zero-order valence-electron chi connectivity index (χ0n) is 18.2. The average molecular weight is 434 g/mol. The SMILES string of the molecule is CCOC(=O)COC1(c2ccc(OCc3cccc(-c4cncnc4C)c3)cc2)COC1. The van der Waals surface area contributed by atoms with Crippen LogP contribution in [0.3, 0.4) is 0 Å². The average Bonchev–Trinajstić information content (AvgIpc) is 2.78. The molecule has 7 nitrogen and oxygen atoms in total. The van der Waals surface area contributed by atoms with Gasteiger partial charge in [0.1, 0.15) is 30.9 Å². The second kappa shape index (κ2) is 9.89. The molecule has 1 fully saturated rings. The molecule has 0 radical (unpaired) electrons. The van der Waals surface area contributed by atoms with Gasteiger partial charge in [-0.2, -0.15) is 0 Å². The molecule has 166 valence electrons. The van der Waals surface area contributed by atoms with Crippen molar-refractivity contribution in [1.82, 2.24) is 9.97 Å². The van der Waals surface area contributed by atoms with Crippen molar-refractivity contribution >= 4 is 5.97 Å². The van der Waals surface area contributed by atoms with Crippen LogP contribution in [0.4, 0.5) is 0 Å². The van der Waals surface area contributed by atoms with E-state index >= 15 is 0 Å². The van der Waals surface area contributed by atoms with Crippen LogP contribution in [0.2, 0.25) is 0 Å². The van der Waals surface area contributed by atoms with Gasteiger partial charge in [0.25, 0.3) is 0 Å². The highest BCUT2D eigenvalue weighted by atomic mass is 16.6. The van der Waals surface area contributed by atoms with E-state index in [1.54, 1.807) is 13.3 Å². The molecular formula is C25H26N2O5. The summed E-state index contributed by atoms with van der Waals surface area (Å²) in [6.07, 6.45) is 3.38. The molecule has 4 rings (SSSR count). The molecule has 1 aliphatic rings. The Kier molecular flexibility index (Phi) is 6.78. The fourth-order valence-corrected chi connectivity index (χ4v) is 3.54. The highest BCUT2D eigenvalue weighted by Crippen LogP contribution is 2.34. The number of carbonyl (C=O) groups excluding carboxylic acids is 1. The molecule has 0 spiro atoms. The number of esters is 1. The highest BCUT2D eigenvalue weighted by molar-refractivity contribution is 5.70. The molecule has 7 heteroatoms. The predicted molar refractivity (Wildman–Crippen MR) is 118 cm³/mol. The van der Waals surface area contributed by atoms with E-state index < -0.39 is 5.60 Å². The van der Waals surface area contributed by atoms with Crippen LogP contribution >= 0.6 is 0 Å². The van der Waals surface area contributed by atoms with Crippen LogP contribution in [0.15, 0.2) is 61.1 Å². The molecule has 0 atom stereocenters. The van der Waals surface area contributed by atoms with Crippen LogP contribution < -0.4 is 4.74 Å². The normalized spacial score (nSPS) is 14.4. The van der Waals surface area contributed by atoms with Gasteiger partial charge < -0.3 is 18.9 Å². The van der Waals surface area contributed by atoms with Gasteiger partial charge in [0, 0.05) is 17.5 Å². The van der Waals surface area contributed by atoms with Gasteiger partial charge in [-0.3, -0.25) is 0 Å². The van der Waals surface area contributed by atoms with Crippen molar-refractivity contribution in [1.29, 1.82) is 0 Å². The Morgan fingerprint density at radius 3 is 2.66 bits per heavy atom. The van der Waals surface area contributed by atoms with Crippen molar-refractivity contribution in [3.8, 4) is 16.9 Å². The molecule has 0 bridgehead atoms. The smallest absolute Gasteiger partial charge is 0.332 e. The first kappa shape index (κ1) is 21.9. The molecule has 1 saturated heterocycles. The fourth-order valence-electron chi connectivity index (χ4n) is 3.54. The molecule has 32 heavy (non-hydrogen) atoms. The largest absolute Gasteiger partial charge is 0.489 e. The maximum absolute atomic E-state index is 11.7. The summed E-state index contributed by atoms with van der Waals surface area (Å²) in [6, 6.07) is 15.9. The van der Waals surface area contributed by atoms with Crippen molar-refractivity contribution in [3.05, 3.63) is 77.9 Å². The van der Waals surface area contributed by atoms with Gasteiger partial charge in [0.2, 0.25) is 0 Å². The minimum atomic E-state index is -0.616. The standard InChI is InChI=1S/C25H26N2O5/c1-3-30-24(28)14-32-25(15-29-16-25)21-7-9-22(10-8-21)31-13-19-5-4-6-20(11-19)23-12-26-17-27-18(23)2/h4-12,17H,3,13-16H2,1-2H3. The van der Waals surface area contributed by atoms with Crippen molar-refractivity contribution in [2.24, 2.45) is 0 Å². The summed E-state index contributed by atoms with van der Waals surface area (Å²) in [5.41, 5.74) is 4.39. The summed E-state index contributed by atoms with van der Waals surface area (Å²) >= 11 is 0. The summed E-state index contributed by atoms with van der Waals surface area (Å²) in [7, 11) is 0. The second-order valence-electron chi connectivity index (χ2n) is 7.62. The van der Waals surface area contributed by atoms with Gasteiger partial charge in [0.05, 0.1) is 19.8 Å². The Bertz CT molecular complexity index is 1060. The van der Waals surface area contributed by atoms with Crippen LogP contribution in [0.5, 0.6) is 5.75 Å².